The minimum Gasteiger partial charge on any atom is -0.341 e. The first-order valence-electron chi connectivity index (χ1n) is 4.76. The number of nitrogens with one attached hydrogen (secondary N) is 2. The number of terminal acetylenes is 1. The van der Waals surface area contributed by atoms with Crippen molar-refractivity contribution in [1.82, 2.24) is 10.0 Å². The number of rotatable bonds is 4. The lowest BCUT2D eigenvalue weighted by Gasteiger charge is -2.04. The van der Waals surface area contributed by atoms with Crippen molar-refractivity contribution in [2.75, 3.05) is 13.6 Å². The van der Waals surface area contributed by atoms with Gasteiger partial charge in [-0.3, -0.25) is 4.79 Å². The predicted molar refractivity (Wildman–Crippen MR) is 63.9 cm³/mol. The molecule has 0 unspecified atom stereocenters. The van der Waals surface area contributed by atoms with Gasteiger partial charge in [0, 0.05) is 5.56 Å². The summed E-state index contributed by atoms with van der Waals surface area (Å²) in [5.74, 6) is 1.94. The highest BCUT2D eigenvalue weighted by Gasteiger charge is 2.12. The molecule has 1 aromatic carbocycles. The molecule has 0 bridgehead atoms. The first kappa shape index (κ1) is 13.2. The Kier molecular flexibility index (Phi) is 4.26. The van der Waals surface area contributed by atoms with Gasteiger partial charge < -0.3 is 5.32 Å². The molecule has 0 heterocycles. The lowest BCUT2D eigenvalue weighted by atomic mass is 10.2. The van der Waals surface area contributed by atoms with Crippen LogP contribution in [0.3, 0.4) is 0 Å². The van der Waals surface area contributed by atoms with E-state index in [1.807, 2.05) is 0 Å². The highest BCUT2D eigenvalue weighted by atomic mass is 32.2. The molecule has 1 amide bonds. The second kappa shape index (κ2) is 5.48. The normalized spacial score (nSPS) is 10.6. The summed E-state index contributed by atoms with van der Waals surface area (Å²) >= 11 is 0. The molecule has 90 valence electrons. The number of hydrogen-bond acceptors (Lipinski definition) is 3. The van der Waals surface area contributed by atoms with E-state index in [9.17, 15) is 13.2 Å². The summed E-state index contributed by atoms with van der Waals surface area (Å²) in [6.45, 7) is 0.134. The number of carbonyl (C=O) groups is 1. The fourth-order valence-electron chi connectivity index (χ4n) is 1.14. The lowest BCUT2D eigenvalue weighted by Crippen LogP contribution is -2.23. The van der Waals surface area contributed by atoms with Crippen LogP contribution in [0.15, 0.2) is 29.2 Å². The Morgan fingerprint density at radius 2 is 1.94 bits per heavy atom. The predicted octanol–water partition coefficient (Wildman–Crippen LogP) is -0.0423. The van der Waals surface area contributed by atoms with E-state index in [2.05, 4.69) is 16.0 Å². The quantitative estimate of drug-likeness (QED) is 0.738. The Labute approximate surface area is 100 Å². The summed E-state index contributed by atoms with van der Waals surface area (Å²) < 4.78 is 25.0. The van der Waals surface area contributed by atoms with Crippen LogP contribution in [-0.4, -0.2) is 27.9 Å². The van der Waals surface area contributed by atoms with Crippen molar-refractivity contribution in [2.45, 2.75) is 4.90 Å². The smallest absolute Gasteiger partial charge is 0.252 e. The zero-order chi connectivity index (χ0) is 12.9. The highest BCUT2D eigenvalue weighted by Crippen LogP contribution is 2.09. The Morgan fingerprint density at radius 1 is 1.35 bits per heavy atom. The van der Waals surface area contributed by atoms with Gasteiger partial charge in [-0.1, -0.05) is 5.92 Å². The fraction of sp³-hybridized carbons (Fsp3) is 0.182. The highest BCUT2D eigenvalue weighted by molar-refractivity contribution is 7.89. The standard InChI is InChI=1S/C11H12N2O3S/c1-3-8-13-11(14)9-4-6-10(7-5-9)17(15,16)12-2/h1,4-7,12H,8H2,2H3,(H,13,14). The molecule has 1 rings (SSSR count). The summed E-state index contributed by atoms with van der Waals surface area (Å²) in [6.07, 6.45) is 5.00. The van der Waals surface area contributed by atoms with Gasteiger partial charge in [-0.05, 0) is 31.3 Å². The maximum Gasteiger partial charge on any atom is 0.252 e. The average Bonchev–Trinajstić information content (AvgIpc) is 2.36. The van der Waals surface area contributed by atoms with Crippen LogP contribution >= 0.6 is 0 Å². The molecule has 5 nitrogen and oxygen atoms in total. The molecular weight excluding hydrogens is 240 g/mol. The van der Waals surface area contributed by atoms with E-state index in [1.54, 1.807) is 0 Å². The third kappa shape index (κ3) is 3.31. The Balaban J connectivity index is 2.90. The van der Waals surface area contributed by atoms with Crippen molar-refractivity contribution >= 4 is 15.9 Å². The van der Waals surface area contributed by atoms with Crippen molar-refractivity contribution in [3.8, 4) is 12.3 Å². The Bertz CT molecular complexity index is 541. The SMILES string of the molecule is C#CCNC(=O)c1ccc(S(=O)(=O)NC)cc1. The molecule has 0 radical (unpaired) electrons. The van der Waals surface area contributed by atoms with E-state index < -0.39 is 10.0 Å². The molecule has 17 heavy (non-hydrogen) atoms. The zero-order valence-electron chi connectivity index (χ0n) is 9.23. The monoisotopic (exact) mass is 252 g/mol. The first-order chi connectivity index (χ1) is 8.01. The number of hydrogen-bond donors (Lipinski definition) is 2. The molecular formula is C11H12N2O3S. The van der Waals surface area contributed by atoms with Gasteiger partial charge in [0.05, 0.1) is 11.4 Å². The first-order valence-corrected chi connectivity index (χ1v) is 6.25. The van der Waals surface area contributed by atoms with E-state index in [-0.39, 0.29) is 17.3 Å². The van der Waals surface area contributed by atoms with Crippen molar-refractivity contribution in [3.05, 3.63) is 29.8 Å². The summed E-state index contributed by atoms with van der Waals surface area (Å²) in [5.41, 5.74) is 0.357. The molecule has 2 N–H and O–H groups in total. The molecule has 1 aromatic rings. The van der Waals surface area contributed by atoms with Crippen molar-refractivity contribution in [3.63, 3.8) is 0 Å². The van der Waals surface area contributed by atoms with Crippen LogP contribution in [0, 0.1) is 12.3 Å². The minimum atomic E-state index is -3.47. The summed E-state index contributed by atoms with van der Waals surface area (Å²) in [4.78, 5) is 11.6. The Morgan fingerprint density at radius 3 is 2.41 bits per heavy atom. The minimum absolute atomic E-state index is 0.105. The van der Waals surface area contributed by atoms with Gasteiger partial charge in [0.2, 0.25) is 10.0 Å². The van der Waals surface area contributed by atoms with E-state index in [0.29, 0.717) is 5.56 Å². The van der Waals surface area contributed by atoms with E-state index in [1.165, 1.54) is 31.3 Å². The van der Waals surface area contributed by atoms with Gasteiger partial charge >= 0.3 is 0 Å². The topological polar surface area (TPSA) is 75.3 Å². The molecule has 0 fully saturated rings. The summed E-state index contributed by atoms with van der Waals surface area (Å²) in [7, 11) is -2.15. The van der Waals surface area contributed by atoms with E-state index in [0.717, 1.165) is 0 Å². The molecule has 0 saturated carbocycles. The van der Waals surface area contributed by atoms with Crippen LogP contribution < -0.4 is 10.0 Å². The number of amides is 1. The molecule has 0 aliphatic carbocycles. The van der Waals surface area contributed by atoms with Crippen LogP contribution in [0.2, 0.25) is 0 Å². The second-order valence-corrected chi connectivity index (χ2v) is 5.01. The van der Waals surface area contributed by atoms with Crippen molar-refractivity contribution in [2.24, 2.45) is 0 Å². The van der Waals surface area contributed by atoms with Gasteiger partial charge in [0.25, 0.3) is 5.91 Å². The van der Waals surface area contributed by atoms with Crippen LogP contribution in [0.4, 0.5) is 0 Å². The number of benzene rings is 1. The Hall–Kier alpha value is -1.84. The van der Waals surface area contributed by atoms with Gasteiger partial charge in [-0.15, -0.1) is 6.42 Å². The molecule has 0 aliphatic rings. The second-order valence-electron chi connectivity index (χ2n) is 3.12. The molecule has 0 aromatic heterocycles. The van der Waals surface area contributed by atoms with Gasteiger partial charge in [-0.25, -0.2) is 13.1 Å². The molecule has 0 saturated heterocycles. The molecule has 0 atom stereocenters. The lowest BCUT2D eigenvalue weighted by molar-refractivity contribution is 0.0958. The number of carbonyl (C=O) groups excluding carboxylic acids is 1. The zero-order valence-corrected chi connectivity index (χ0v) is 10.0. The van der Waals surface area contributed by atoms with E-state index in [4.69, 9.17) is 6.42 Å². The molecule has 0 aliphatic heterocycles. The molecule has 0 spiro atoms. The molecule has 6 heteroatoms. The van der Waals surface area contributed by atoms with Crippen LogP contribution in [0.1, 0.15) is 10.4 Å². The fourth-order valence-corrected chi connectivity index (χ4v) is 1.87. The van der Waals surface area contributed by atoms with Gasteiger partial charge in [0.1, 0.15) is 0 Å². The van der Waals surface area contributed by atoms with Crippen LogP contribution in [-0.2, 0) is 10.0 Å². The third-order valence-electron chi connectivity index (χ3n) is 2.05. The van der Waals surface area contributed by atoms with Crippen molar-refractivity contribution in [1.29, 1.82) is 0 Å². The van der Waals surface area contributed by atoms with Crippen LogP contribution in [0.5, 0.6) is 0 Å². The van der Waals surface area contributed by atoms with Crippen molar-refractivity contribution < 1.29 is 13.2 Å². The van der Waals surface area contributed by atoms with E-state index >= 15 is 0 Å². The maximum absolute atomic E-state index is 11.5. The summed E-state index contributed by atoms with van der Waals surface area (Å²) in [5, 5.41) is 2.48. The number of sulfonamides is 1. The third-order valence-corrected chi connectivity index (χ3v) is 3.48. The van der Waals surface area contributed by atoms with Crippen LogP contribution in [0.25, 0.3) is 0 Å². The average molecular weight is 252 g/mol. The van der Waals surface area contributed by atoms with Gasteiger partial charge in [-0.2, -0.15) is 0 Å². The summed E-state index contributed by atoms with van der Waals surface area (Å²) in [6, 6.07) is 5.57. The maximum atomic E-state index is 11.5. The van der Waals surface area contributed by atoms with Gasteiger partial charge in [0.15, 0.2) is 0 Å². The largest absolute Gasteiger partial charge is 0.341 e.